The van der Waals surface area contributed by atoms with Crippen LogP contribution in [0.4, 0.5) is 0 Å². The molecule has 2 atom stereocenters. The first-order chi connectivity index (χ1) is 10.1. The number of rotatable bonds is 4. The van der Waals surface area contributed by atoms with Crippen molar-refractivity contribution < 1.29 is 4.79 Å². The standard InChI is InChI=1S/C16H15Cl2NOS/c1-19(9-10-6-7-15(18)21-10)16(20)13-8-12(13)11-4-2-3-5-14(11)17/h2-7,12-13H,8-9H2,1H3. The van der Waals surface area contributed by atoms with Gasteiger partial charge in [-0.3, -0.25) is 4.79 Å². The number of thiophene rings is 1. The van der Waals surface area contributed by atoms with Crippen molar-refractivity contribution in [2.45, 2.75) is 18.9 Å². The third kappa shape index (κ3) is 3.25. The fourth-order valence-corrected chi connectivity index (χ4v) is 4.04. The van der Waals surface area contributed by atoms with Crippen LogP contribution in [0.2, 0.25) is 9.36 Å². The molecule has 2 nitrogen and oxygen atoms in total. The average Bonchev–Trinajstić information content (AvgIpc) is 3.15. The Kier molecular flexibility index (Phi) is 4.25. The number of benzene rings is 1. The molecule has 0 saturated heterocycles. The summed E-state index contributed by atoms with van der Waals surface area (Å²) in [6.45, 7) is 0.613. The van der Waals surface area contributed by atoms with Crippen molar-refractivity contribution in [3.63, 3.8) is 0 Å². The molecule has 0 radical (unpaired) electrons. The summed E-state index contributed by atoms with van der Waals surface area (Å²) in [5.41, 5.74) is 1.09. The Labute approximate surface area is 138 Å². The number of carbonyl (C=O) groups excluding carboxylic acids is 1. The van der Waals surface area contributed by atoms with Gasteiger partial charge in [0, 0.05) is 22.9 Å². The van der Waals surface area contributed by atoms with E-state index in [9.17, 15) is 4.79 Å². The van der Waals surface area contributed by atoms with Crippen molar-refractivity contribution in [3.05, 3.63) is 56.2 Å². The van der Waals surface area contributed by atoms with Gasteiger partial charge in [-0.15, -0.1) is 11.3 Å². The average molecular weight is 340 g/mol. The fraction of sp³-hybridized carbons (Fsp3) is 0.312. The van der Waals surface area contributed by atoms with Crippen LogP contribution < -0.4 is 0 Å². The van der Waals surface area contributed by atoms with E-state index in [2.05, 4.69) is 0 Å². The van der Waals surface area contributed by atoms with Gasteiger partial charge in [-0.25, -0.2) is 0 Å². The molecule has 0 aliphatic heterocycles. The van der Waals surface area contributed by atoms with Crippen LogP contribution in [0.15, 0.2) is 36.4 Å². The lowest BCUT2D eigenvalue weighted by Crippen LogP contribution is -2.27. The molecular weight excluding hydrogens is 325 g/mol. The highest BCUT2D eigenvalue weighted by Gasteiger charge is 2.45. The lowest BCUT2D eigenvalue weighted by Gasteiger charge is -2.16. The Morgan fingerprint density at radius 2 is 2.05 bits per heavy atom. The minimum atomic E-state index is 0.0605. The van der Waals surface area contributed by atoms with E-state index in [1.807, 2.05) is 43.4 Å². The second kappa shape index (κ2) is 5.99. The third-order valence-corrected chi connectivity index (χ3v) is 5.37. The van der Waals surface area contributed by atoms with Crippen molar-refractivity contribution in [3.8, 4) is 0 Å². The largest absolute Gasteiger partial charge is 0.340 e. The molecule has 0 N–H and O–H groups in total. The van der Waals surface area contributed by atoms with Crippen molar-refractivity contribution in [2.24, 2.45) is 5.92 Å². The van der Waals surface area contributed by atoms with E-state index in [0.29, 0.717) is 6.54 Å². The fourth-order valence-electron chi connectivity index (χ4n) is 2.62. The summed E-state index contributed by atoms with van der Waals surface area (Å²) < 4.78 is 0.756. The van der Waals surface area contributed by atoms with E-state index in [-0.39, 0.29) is 17.7 Å². The molecular formula is C16H15Cl2NOS. The van der Waals surface area contributed by atoms with E-state index < -0.39 is 0 Å². The minimum absolute atomic E-state index is 0.0605. The first-order valence-electron chi connectivity index (χ1n) is 6.80. The zero-order valence-corrected chi connectivity index (χ0v) is 13.9. The maximum atomic E-state index is 12.5. The normalized spacial score (nSPS) is 20.3. The van der Waals surface area contributed by atoms with Gasteiger partial charge in [0.05, 0.1) is 10.9 Å². The summed E-state index contributed by atoms with van der Waals surface area (Å²) in [6, 6.07) is 11.6. The van der Waals surface area contributed by atoms with E-state index in [4.69, 9.17) is 23.2 Å². The highest BCUT2D eigenvalue weighted by molar-refractivity contribution is 7.16. The highest BCUT2D eigenvalue weighted by atomic mass is 35.5. The second-order valence-corrected chi connectivity index (χ2v) is 7.58. The minimum Gasteiger partial charge on any atom is -0.340 e. The molecule has 2 aromatic rings. The first-order valence-corrected chi connectivity index (χ1v) is 8.37. The van der Waals surface area contributed by atoms with E-state index in [1.165, 1.54) is 11.3 Å². The Bertz CT molecular complexity index is 670. The van der Waals surface area contributed by atoms with E-state index in [1.54, 1.807) is 4.90 Å². The van der Waals surface area contributed by atoms with Crippen LogP contribution in [0.5, 0.6) is 0 Å². The van der Waals surface area contributed by atoms with Gasteiger partial charge >= 0.3 is 0 Å². The van der Waals surface area contributed by atoms with Crippen molar-refractivity contribution >= 4 is 40.4 Å². The predicted molar refractivity (Wildman–Crippen MR) is 88.1 cm³/mol. The number of halogens is 2. The van der Waals surface area contributed by atoms with Gasteiger partial charge in [0.25, 0.3) is 0 Å². The second-order valence-electron chi connectivity index (χ2n) is 5.37. The number of nitrogens with zero attached hydrogens (tertiary/aromatic N) is 1. The Morgan fingerprint density at radius 3 is 2.71 bits per heavy atom. The van der Waals surface area contributed by atoms with Crippen molar-refractivity contribution in [1.82, 2.24) is 4.90 Å². The number of carbonyl (C=O) groups is 1. The maximum Gasteiger partial charge on any atom is 0.226 e. The van der Waals surface area contributed by atoms with Gasteiger partial charge in [-0.1, -0.05) is 41.4 Å². The monoisotopic (exact) mass is 339 g/mol. The molecule has 0 spiro atoms. The lowest BCUT2D eigenvalue weighted by atomic mass is 10.1. The molecule has 5 heteroatoms. The van der Waals surface area contributed by atoms with Crippen LogP contribution in [0.3, 0.4) is 0 Å². The summed E-state index contributed by atoms with van der Waals surface area (Å²) >= 11 is 13.6. The van der Waals surface area contributed by atoms with Gasteiger partial charge in [0.1, 0.15) is 0 Å². The zero-order valence-electron chi connectivity index (χ0n) is 11.6. The first kappa shape index (κ1) is 14.9. The molecule has 1 aromatic heterocycles. The summed E-state index contributed by atoms with van der Waals surface area (Å²) in [5.74, 6) is 0.510. The van der Waals surface area contributed by atoms with Gasteiger partial charge in [0.15, 0.2) is 0 Å². The number of hydrogen-bond acceptors (Lipinski definition) is 2. The molecule has 1 aliphatic carbocycles. The van der Waals surface area contributed by atoms with Crippen LogP contribution in [0.25, 0.3) is 0 Å². The van der Waals surface area contributed by atoms with Gasteiger partial charge < -0.3 is 4.90 Å². The molecule has 1 heterocycles. The Hall–Kier alpha value is -1.03. The maximum absolute atomic E-state index is 12.5. The molecule has 1 fully saturated rings. The van der Waals surface area contributed by atoms with Gasteiger partial charge in [-0.05, 0) is 36.1 Å². The van der Waals surface area contributed by atoms with E-state index >= 15 is 0 Å². The van der Waals surface area contributed by atoms with Crippen LogP contribution in [-0.2, 0) is 11.3 Å². The predicted octanol–water partition coefficient (Wildman–Crippen LogP) is 4.82. The van der Waals surface area contributed by atoms with Crippen LogP contribution >= 0.6 is 34.5 Å². The van der Waals surface area contributed by atoms with Gasteiger partial charge in [0.2, 0.25) is 5.91 Å². The van der Waals surface area contributed by atoms with Crippen molar-refractivity contribution in [1.29, 1.82) is 0 Å². The molecule has 21 heavy (non-hydrogen) atoms. The Balaban J connectivity index is 1.63. The summed E-state index contributed by atoms with van der Waals surface area (Å²) in [6.07, 6.45) is 0.887. The smallest absolute Gasteiger partial charge is 0.226 e. The van der Waals surface area contributed by atoms with Crippen LogP contribution in [-0.4, -0.2) is 17.9 Å². The van der Waals surface area contributed by atoms with Crippen LogP contribution in [0, 0.1) is 5.92 Å². The molecule has 1 aliphatic rings. The lowest BCUT2D eigenvalue weighted by molar-refractivity contribution is -0.131. The number of amides is 1. The highest BCUT2D eigenvalue weighted by Crippen LogP contribution is 2.50. The molecule has 1 amide bonds. The molecule has 3 rings (SSSR count). The number of hydrogen-bond donors (Lipinski definition) is 0. The zero-order chi connectivity index (χ0) is 15.0. The van der Waals surface area contributed by atoms with Crippen molar-refractivity contribution in [2.75, 3.05) is 7.05 Å². The molecule has 1 aromatic carbocycles. The topological polar surface area (TPSA) is 20.3 Å². The SMILES string of the molecule is CN(Cc1ccc(Cl)s1)C(=O)C1CC1c1ccccc1Cl. The van der Waals surface area contributed by atoms with Gasteiger partial charge in [-0.2, -0.15) is 0 Å². The molecule has 2 unspecified atom stereocenters. The summed E-state index contributed by atoms with van der Waals surface area (Å²) in [7, 11) is 1.85. The molecule has 1 saturated carbocycles. The Morgan fingerprint density at radius 1 is 1.29 bits per heavy atom. The third-order valence-electron chi connectivity index (χ3n) is 3.81. The summed E-state index contributed by atoms with van der Waals surface area (Å²) in [5, 5.41) is 0.755. The summed E-state index contributed by atoms with van der Waals surface area (Å²) in [4.78, 5) is 15.3. The molecule has 0 bridgehead atoms. The quantitative estimate of drug-likeness (QED) is 0.782. The molecule has 110 valence electrons. The van der Waals surface area contributed by atoms with E-state index in [0.717, 1.165) is 26.2 Å². The van der Waals surface area contributed by atoms with Crippen LogP contribution in [0.1, 0.15) is 22.8 Å².